The maximum absolute atomic E-state index is 12.5. The van der Waals surface area contributed by atoms with Crippen LogP contribution in [0.25, 0.3) is 10.9 Å². The van der Waals surface area contributed by atoms with Gasteiger partial charge in [0.25, 0.3) is 5.91 Å². The van der Waals surface area contributed by atoms with E-state index in [1.165, 1.54) is 17.7 Å². The number of ether oxygens (including phenoxy) is 1. The second-order valence-electron chi connectivity index (χ2n) is 6.81. The lowest BCUT2D eigenvalue weighted by Crippen LogP contribution is -2.26. The first kappa shape index (κ1) is 16.5. The average molecular weight is 349 g/mol. The summed E-state index contributed by atoms with van der Waals surface area (Å²) in [5, 5.41) is 4.00. The summed E-state index contributed by atoms with van der Waals surface area (Å²) in [6.07, 6.45) is 2.28. The number of benzene rings is 2. The second kappa shape index (κ2) is 6.75. The predicted octanol–water partition coefficient (Wildman–Crippen LogP) is 3.49. The molecule has 4 rings (SSSR count). The molecule has 2 N–H and O–H groups in total. The Balaban J connectivity index is 1.47. The Hall–Kier alpha value is -2.95. The molecule has 5 heteroatoms. The first-order chi connectivity index (χ1) is 12.6. The molecule has 0 saturated heterocycles. The van der Waals surface area contributed by atoms with Gasteiger partial charge in [-0.05, 0) is 48.2 Å². The molecule has 0 aliphatic carbocycles. The molecular weight excluding hydrogens is 326 g/mol. The van der Waals surface area contributed by atoms with Crippen molar-refractivity contribution < 1.29 is 9.53 Å². The first-order valence-electron chi connectivity index (χ1n) is 8.92. The molecule has 1 aromatic heterocycles. The van der Waals surface area contributed by atoms with Crippen LogP contribution in [-0.2, 0) is 13.0 Å². The van der Waals surface area contributed by atoms with Crippen molar-refractivity contribution in [1.82, 2.24) is 10.3 Å². The van der Waals surface area contributed by atoms with E-state index < -0.39 is 0 Å². The van der Waals surface area contributed by atoms with Crippen LogP contribution < -0.4 is 15.0 Å². The number of aromatic nitrogens is 1. The van der Waals surface area contributed by atoms with Crippen molar-refractivity contribution in [1.29, 1.82) is 0 Å². The van der Waals surface area contributed by atoms with E-state index in [1.807, 2.05) is 24.3 Å². The minimum absolute atomic E-state index is 0.102. The Labute approximate surface area is 153 Å². The average Bonchev–Trinajstić information content (AvgIpc) is 3.09. The zero-order valence-corrected chi connectivity index (χ0v) is 15.1. The van der Waals surface area contributed by atoms with Gasteiger partial charge in [-0.2, -0.15) is 0 Å². The maximum atomic E-state index is 12.5. The number of hydrogen-bond acceptors (Lipinski definition) is 3. The molecule has 0 unspecified atom stereocenters. The van der Waals surface area contributed by atoms with Gasteiger partial charge < -0.3 is 19.9 Å². The van der Waals surface area contributed by atoms with Crippen LogP contribution in [0.5, 0.6) is 5.75 Å². The van der Waals surface area contributed by atoms with Gasteiger partial charge in [-0.15, -0.1) is 0 Å². The third kappa shape index (κ3) is 3.12. The van der Waals surface area contributed by atoms with Crippen molar-refractivity contribution in [3.8, 4) is 5.75 Å². The number of aryl methyl sites for hydroxylation is 1. The van der Waals surface area contributed by atoms with Gasteiger partial charge in [-0.3, -0.25) is 4.79 Å². The van der Waals surface area contributed by atoms with Crippen molar-refractivity contribution in [2.45, 2.75) is 19.4 Å². The first-order valence-corrected chi connectivity index (χ1v) is 8.92. The largest absolute Gasteiger partial charge is 0.497 e. The molecule has 26 heavy (non-hydrogen) atoms. The van der Waals surface area contributed by atoms with E-state index in [4.69, 9.17) is 4.74 Å². The van der Waals surface area contributed by atoms with E-state index >= 15 is 0 Å². The fraction of sp³-hybridized carbons (Fsp3) is 0.286. The summed E-state index contributed by atoms with van der Waals surface area (Å²) in [5.41, 5.74) is 5.25. The van der Waals surface area contributed by atoms with Gasteiger partial charge in [0, 0.05) is 42.8 Å². The van der Waals surface area contributed by atoms with Gasteiger partial charge in [-0.25, -0.2) is 0 Å². The van der Waals surface area contributed by atoms with Crippen molar-refractivity contribution in [3.05, 3.63) is 59.3 Å². The molecule has 0 atom stereocenters. The van der Waals surface area contributed by atoms with Crippen LogP contribution in [0.4, 0.5) is 5.69 Å². The number of hydrogen-bond donors (Lipinski definition) is 2. The monoisotopic (exact) mass is 349 g/mol. The van der Waals surface area contributed by atoms with Crippen LogP contribution in [0.15, 0.2) is 42.5 Å². The van der Waals surface area contributed by atoms with Crippen molar-refractivity contribution in [3.63, 3.8) is 0 Å². The summed E-state index contributed by atoms with van der Waals surface area (Å²) in [4.78, 5) is 18.0. The van der Waals surface area contributed by atoms with E-state index in [-0.39, 0.29) is 5.91 Å². The summed E-state index contributed by atoms with van der Waals surface area (Å²) < 4.78 is 5.23. The summed E-state index contributed by atoms with van der Waals surface area (Å²) in [6.45, 7) is 1.63. The minimum Gasteiger partial charge on any atom is -0.497 e. The molecule has 1 aliphatic heterocycles. The standard InChI is InChI=1S/C21H23N3O2/c1-24-9-3-4-16-10-14(5-8-20(16)24)13-22-21(25)19-11-15-6-7-17(26-2)12-18(15)23-19/h5-8,10-12,23H,3-4,9,13H2,1-2H3,(H,22,25). The number of carbonyl (C=O) groups excluding carboxylic acids is 1. The lowest BCUT2D eigenvalue weighted by atomic mass is 9.99. The minimum atomic E-state index is -0.102. The van der Waals surface area contributed by atoms with E-state index in [9.17, 15) is 4.79 Å². The molecule has 2 aromatic carbocycles. The number of carbonyl (C=O) groups is 1. The normalized spacial score (nSPS) is 13.5. The molecule has 0 fully saturated rings. The maximum Gasteiger partial charge on any atom is 0.267 e. The highest BCUT2D eigenvalue weighted by molar-refractivity contribution is 5.98. The smallest absolute Gasteiger partial charge is 0.267 e. The molecule has 3 aromatic rings. The Morgan fingerprint density at radius 3 is 2.96 bits per heavy atom. The van der Waals surface area contributed by atoms with Gasteiger partial charge >= 0.3 is 0 Å². The van der Waals surface area contributed by atoms with Gasteiger partial charge in [0.15, 0.2) is 0 Å². The Bertz CT molecular complexity index is 961. The Kier molecular flexibility index (Phi) is 4.29. The highest BCUT2D eigenvalue weighted by Crippen LogP contribution is 2.27. The quantitative estimate of drug-likeness (QED) is 0.758. The second-order valence-corrected chi connectivity index (χ2v) is 6.81. The number of anilines is 1. The van der Waals surface area contributed by atoms with Crippen LogP contribution in [0.2, 0.25) is 0 Å². The lowest BCUT2D eigenvalue weighted by molar-refractivity contribution is 0.0946. The molecule has 0 bridgehead atoms. The molecule has 0 saturated carbocycles. The molecule has 0 spiro atoms. The zero-order valence-electron chi connectivity index (χ0n) is 15.1. The number of methoxy groups -OCH3 is 1. The van der Waals surface area contributed by atoms with E-state index in [1.54, 1.807) is 7.11 Å². The topological polar surface area (TPSA) is 57.4 Å². The number of nitrogens with one attached hydrogen (secondary N) is 2. The number of H-pyrrole nitrogens is 1. The van der Waals surface area contributed by atoms with Gasteiger partial charge in [0.05, 0.1) is 7.11 Å². The molecule has 0 radical (unpaired) electrons. The molecular formula is C21H23N3O2. The molecule has 1 aliphatic rings. The summed E-state index contributed by atoms with van der Waals surface area (Å²) in [7, 11) is 3.76. The molecule has 1 amide bonds. The Morgan fingerprint density at radius 2 is 2.12 bits per heavy atom. The number of fused-ring (bicyclic) bond motifs is 2. The number of rotatable bonds is 4. The SMILES string of the molecule is COc1ccc2cc(C(=O)NCc3ccc4c(c3)CCCN4C)[nH]c2c1. The van der Waals surface area contributed by atoms with E-state index in [2.05, 4.69) is 40.4 Å². The third-order valence-electron chi connectivity index (χ3n) is 5.02. The van der Waals surface area contributed by atoms with Crippen LogP contribution in [0.1, 0.15) is 28.0 Å². The highest BCUT2D eigenvalue weighted by Gasteiger charge is 2.14. The van der Waals surface area contributed by atoms with Gasteiger partial charge in [0.2, 0.25) is 0 Å². The fourth-order valence-corrected chi connectivity index (χ4v) is 3.58. The van der Waals surface area contributed by atoms with Crippen LogP contribution in [0.3, 0.4) is 0 Å². The zero-order chi connectivity index (χ0) is 18.1. The molecule has 5 nitrogen and oxygen atoms in total. The van der Waals surface area contributed by atoms with Crippen LogP contribution in [-0.4, -0.2) is 31.6 Å². The van der Waals surface area contributed by atoms with Gasteiger partial charge in [0.1, 0.15) is 11.4 Å². The van der Waals surface area contributed by atoms with Crippen LogP contribution in [0, 0.1) is 0 Å². The van der Waals surface area contributed by atoms with Crippen LogP contribution >= 0.6 is 0 Å². The predicted molar refractivity (Wildman–Crippen MR) is 104 cm³/mol. The van der Waals surface area contributed by atoms with E-state index in [0.717, 1.165) is 35.2 Å². The molecule has 134 valence electrons. The molecule has 2 heterocycles. The lowest BCUT2D eigenvalue weighted by Gasteiger charge is -2.27. The highest BCUT2D eigenvalue weighted by atomic mass is 16.5. The number of nitrogens with zero attached hydrogens (tertiary/aromatic N) is 1. The van der Waals surface area contributed by atoms with Gasteiger partial charge in [-0.1, -0.05) is 12.1 Å². The Morgan fingerprint density at radius 1 is 1.23 bits per heavy atom. The van der Waals surface area contributed by atoms with Crippen molar-refractivity contribution in [2.24, 2.45) is 0 Å². The van der Waals surface area contributed by atoms with Crippen molar-refractivity contribution in [2.75, 3.05) is 25.6 Å². The van der Waals surface area contributed by atoms with E-state index in [0.29, 0.717) is 12.2 Å². The van der Waals surface area contributed by atoms with Crippen molar-refractivity contribution >= 4 is 22.5 Å². The summed E-state index contributed by atoms with van der Waals surface area (Å²) >= 11 is 0. The third-order valence-corrected chi connectivity index (χ3v) is 5.02. The number of aromatic amines is 1. The summed E-state index contributed by atoms with van der Waals surface area (Å²) in [5.74, 6) is 0.667. The number of amides is 1. The summed E-state index contributed by atoms with van der Waals surface area (Å²) in [6, 6.07) is 14.1. The fourth-order valence-electron chi connectivity index (χ4n) is 3.58.